The molecule has 0 aromatic heterocycles. The first kappa shape index (κ1) is 28.4. The fraction of sp³-hybridized carbons (Fsp3) is 0.360. The number of aliphatic hydroxyl groups is 1. The smallest absolute Gasteiger partial charge is 0.416 e. The van der Waals surface area contributed by atoms with E-state index >= 15 is 0 Å². The number of anilines is 1. The molecule has 6 N–H and O–H groups in total. The van der Waals surface area contributed by atoms with Gasteiger partial charge in [0.15, 0.2) is 11.7 Å². The number of aliphatic imine (C=N–C) groups is 1. The number of phenols is 1. The molecule has 38 heavy (non-hydrogen) atoms. The van der Waals surface area contributed by atoms with Crippen LogP contribution >= 0.6 is 0 Å². The van der Waals surface area contributed by atoms with Crippen molar-refractivity contribution >= 4 is 29.3 Å². The normalized spacial score (nSPS) is 16.1. The van der Waals surface area contributed by atoms with E-state index < -0.39 is 60.8 Å². The highest BCUT2D eigenvalue weighted by Crippen LogP contribution is 2.34. The summed E-state index contributed by atoms with van der Waals surface area (Å²) in [6, 6.07) is 7.08. The van der Waals surface area contributed by atoms with Gasteiger partial charge in [-0.2, -0.15) is 13.2 Å². The number of ketones is 1. The molecule has 1 aliphatic rings. The highest BCUT2D eigenvalue weighted by Gasteiger charge is 2.32. The summed E-state index contributed by atoms with van der Waals surface area (Å²) in [5, 5.41) is 36.8. The van der Waals surface area contributed by atoms with Gasteiger partial charge in [-0.15, -0.1) is 0 Å². The molecule has 1 amide bonds. The van der Waals surface area contributed by atoms with Gasteiger partial charge in [0.2, 0.25) is 0 Å². The second-order valence-electron chi connectivity index (χ2n) is 8.97. The largest absolute Gasteiger partial charge is 0.508 e. The number of carbonyl (C=O) groups is 3. The first-order chi connectivity index (χ1) is 17.8. The molecule has 10 nitrogen and oxygen atoms in total. The van der Waals surface area contributed by atoms with Crippen LogP contribution in [0.15, 0.2) is 41.4 Å². The maximum atomic E-state index is 13.2. The Balaban J connectivity index is 1.67. The molecule has 0 spiro atoms. The fourth-order valence-corrected chi connectivity index (χ4v) is 3.93. The number of carboxylic acids is 1. The minimum absolute atomic E-state index is 0.00679. The number of rotatable bonds is 9. The molecule has 0 aliphatic carbocycles. The lowest BCUT2D eigenvalue weighted by Crippen LogP contribution is -2.42. The number of nitrogens with one attached hydrogen (secondary N) is 3. The van der Waals surface area contributed by atoms with Gasteiger partial charge in [-0.1, -0.05) is 11.6 Å². The van der Waals surface area contributed by atoms with Crippen LogP contribution in [0.2, 0.25) is 0 Å². The van der Waals surface area contributed by atoms with Crippen LogP contribution in [-0.4, -0.2) is 64.7 Å². The minimum atomic E-state index is -4.64. The van der Waals surface area contributed by atoms with Crippen molar-refractivity contribution in [2.75, 3.05) is 25.0 Å². The number of carbonyl (C=O) groups excluding carboxylic acids is 2. The van der Waals surface area contributed by atoms with Crippen LogP contribution in [0.4, 0.5) is 18.9 Å². The molecular formula is C25H27F3N4O6. The Morgan fingerprint density at radius 3 is 2.50 bits per heavy atom. The third-order valence-electron chi connectivity index (χ3n) is 5.65. The van der Waals surface area contributed by atoms with Gasteiger partial charge in [0.05, 0.1) is 31.2 Å². The van der Waals surface area contributed by atoms with Gasteiger partial charge in [-0.25, -0.2) is 0 Å². The SMILES string of the molecule is Cc1cc([C@H](CC(=O)O)CC(=O)CNC(=O)c2cc(O)cc(NC3=NCC(O)CN3)c2)cc(C(F)(F)F)c1. The third kappa shape index (κ3) is 8.20. The predicted molar refractivity (Wildman–Crippen MR) is 131 cm³/mol. The highest BCUT2D eigenvalue weighted by molar-refractivity contribution is 6.00. The molecular weight excluding hydrogens is 509 g/mol. The standard InChI is InChI=1S/C25H27F3N4O6/c1-13-2-14(4-17(3-13)25(26,27)28)15(8-22(36)37)6-20(34)10-29-23(38)16-5-18(9-19(33)7-16)32-24-30-11-21(35)12-31-24/h2-5,7,9,15,21,33,35H,6,8,10-12H2,1H3,(H,29,38)(H,36,37)(H2,30,31,32)/t15-/m0/s1. The second kappa shape index (κ2) is 11.9. The average molecular weight is 537 g/mol. The van der Waals surface area contributed by atoms with Gasteiger partial charge in [-0.3, -0.25) is 19.4 Å². The van der Waals surface area contributed by atoms with Gasteiger partial charge in [-0.05, 0) is 36.8 Å². The van der Waals surface area contributed by atoms with Crippen LogP contribution in [0.25, 0.3) is 0 Å². The van der Waals surface area contributed by atoms with Gasteiger partial charge in [0.1, 0.15) is 5.75 Å². The average Bonchev–Trinajstić information content (AvgIpc) is 2.82. The van der Waals surface area contributed by atoms with E-state index in [0.717, 1.165) is 12.1 Å². The summed E-state index contributed by atoms with van der Waals surface area (Å²) in [7, 11) is 0. The Labute approximate surface area is 215 Å². The van der Waals surface area contributed by atoms with Crippen molar-refractivity contribution in [2.24, 2.45) is 4.99 Å². The Kier molecular flexibility index (Phi) is 8.94. The van der Waals surface area contributed by atoms with Crippen LogP contribution in [-0.2, 0) is 15.8 Å². The van der Waals surface area contributed by atoms with Crippen molar-refractivity contribution < 1.29 is 42.9 Å². The number of aryl methyl sites for hydroxylation is 1. The zero-order valence-corrected chi connectivity index (χ0v) is 20.3. The fourth-order valence-electron chi connectivity index (χ4n) is 3.93. The van der Waals surface area contributed by atoms with Gasteiger partial charge in [0, 0.05) is 36.2 Å². The number of aliphatic carboxylic acids is 1. The minimum Gasteiger partial charge on any atom is -0.508 e. The molecule has 2 aromatic carbocycles. The van der Waals surface area contributed by atoms with Crippen molar-refractivity contribution in [3.05, 3.63) is 58.7 Å². The molecule has 0 fully saturated rings. The number of β-amino-alcohol motifs (C(OH)–C–C–N with tert-alkyl or cyclic N) is 1. The number of guanidine groups is 1. The molecule has 0 radical (unpaired) electrons. The highest BCUT2D eigenvalue weighted by atomic mass is 19.4. The van der Waals surface area contributed by atoms with Crippen LogP contribution in [0.3, 0.4) is 0 Å². The van der Waals surface area contributed by atoms with E-state index in [1.165, 1.54) is 31.2 Å². The van der Waals surface area contributed by atoms with Crippen LogP contribution in [0.5, 0.6) is 5.75 Å². The maximum Gasteiger partial charge on any atom is 0.416 e. The number of aliphatic hydroxyl groups excluding tert-OH is 1. The van der Waals surface area contributed by atoms with Crippen LogP contribution in [0, 0.1) is 6.92 Å². The van der Waals surface area contributed by atoms with Crippen molar-refractivity contribution in [2.45, 2.75) is 38.0 Å². The summed E-state index contributed by atoms with van der Waals surface area (Å²) < 4.78 is 39.7. The number of benzene rings is 2. The number of aromatic hydroxyl groups is 1. The van der Waals surface area contributed by atoms with E-state index in [0.29, 0.717) is 11.6 Å². The van der Waals surface area contributed by atoms with Crippen LogP contribution in [0.1, 0.15) is 45.8 Å². The quantitative estimate of drug-likeness (QED) is 0.285. The monoisotopic (exact) mass is 536 g/mol. The molecule has 204 valence electrons. The number of alkyl halides is 3. The van der Waals surface area contributed by atoms with Crippen LogP contribution < -0.4 is 16.0 Å². The number of Topliss-reactive ketones (excluding diaryl/α,β-unsaturated/α-hetero) is 1. The molecule has 3 rings (SSSR count). The Morgan fingerprint density at radius 2 is 1.87 bits per heavy atom. The number of hydrogen-bond acceptors (Lipinski definition) is 8. The summed E-state index contributed by atoms with van der Waals surface area (Å²) in [4.78, 5) is 40.6. The van der Waals surface area contributed by atoms with Crippen molar-refractivity contribution in [3.63, 3.8) is 0 Å². The first-order valence-electron chi connectivity index (χ1n) is 11.6. The lowest BCUT2D eigenvalue weighted by Gasteiger charge is -2.20. The van der Waals surface area contributed by atoms with E-state index in [4.69, 9.17) is 0 Å². The van der Waals surface area contributed by atoms with E-state index in [9.17, 15) is 42.9 Å². The summed E-state index contributed by atoms with van der Waals surface area (Å²) in [6.45, 7) is 1.38. The number of phenolic OH excluding ortho intramolecular Hbond substituents is 1. The molecule has 2 atom stereocenters. The molecule has 1 heterocycles. The van der Waals surface area contributed by atoms with E-state index in [2.05, 4.69) is 20.9 Å². The summed E-state index contributed by atoms with van der Waals surface area (Å²) in [5.41, 5.74) is -0.292. The van der Waals surface area contributed by atoms with Crippen molar-refractivity contribution in [3.8, 4) is 5.75 Å². The summed E-state index contributed by atoms with van der Waals surface area (Å²) in [6.07, 6.45) is -6.24. The second-order valence-corrected chi connectivity index (χ2v) is 8.97. The van der Waals surface area contributed by atoms with Crippen molar-refractivity contribution in [1.29, 1.82) is 0 Å². The molecule has 1 unspecified atom stereocenters. The third-order valence-corrected chi connectivity index (χ3v) is 5.65. The molecule has 13 heteroatoms. The molecule has 2 aromatic rings. The molecule has 1 aliphatic heterocycles. The van der Waals surface area contributed by atoms with E-state index in [-0.39, 0.29) is 35.5 Å². The number of carboxylic acid groups (broad SMARTS) is 1. The topological polar surface area (TPSA) is 160 Å². The zero-order chi connectivity index (χ0) is 28.0. The Hall–Kier alpha value is -4.13. The zero-order valence-electron chi connectivity index (χ0n) is 20.3. The predicted octanol–water partition coefficient (Wildman–Crippen LogP) is 2.40. The molecule has 0 bridgehead atoms. The number of amides is 1. The number of hydrogen-bond donors (Lipinski definition) is 6. The molecule has 0 saturated carbocycles. The van der Waals surface area contributed by atoms with Crippen molar-refractivity contribution in [1.82, 2.24) is 10.6 Å². The summed E-state index contributed by atoms with van der Waals surface area (Å²) >= 11 is 0. The Bertz CT molecular complexity index is 1250. The first-order valence-corrected chi connectivity index (χ1v) is 11.6. The van der Waals surface area contributed by atoms with Gasteiger partial charge >= 0.3 is 12.1 Å². The van der Waals surface area contributed by atoms with E-state index in [1.54, 1.807) is 0 Å². The lowest BCUT2D eigenvalue weighted by molar-refractivity contribution is -0.138. The lowest BCUT2D eigenvalue weighted by atomic mass is 9.88. The maximum absolute atomic E-state index is 13.2. The van der Waals surface area contributed by atoms with Gasteiger partial charge < -0.3 is 31.3 Å². The summed E-state index contributed by atoms with van der Waals surface area (Å²) in [5.74, 6) is -3.53. The molecule has 0 saturated heterocycles. The van der Waals surface area contributed by atoms with Gasteiger partial charge in [0.25, 0.3) is 5.91 Å². The number of nitrogens with zero attached hydrogens (tertiary/aromatic N) is 1. The number of halogens is 3. The van der Waals surface area contributed by atoms with E-state index in [1.807, 2.05) is 0 Å². The Morgan fingerprint density at radius 1 is 1.13 bits per heavy atom.